The third kappa shape index (κ3) is 4.46. The molecule has 6 heteroatoms. The predicted octanol–water partition coefficient (Wildman–Crippen LogP) is 5.20. The molecule has 0 saturated carbocycles. The fraction of sp³-hybridized carbons (Fsp3) is 0.231. The average molecular weight is 448 g/mol. The molecule has 32 heavy (non-hydrogen) atoms. The Labute approximate surface area is 191 Å². The van der Waals surface area contributed by atoms with Crippen molar-refractivity contribution in [2.45, 2.75) is 25.8 Å². The van der Waals surface area contributed by atoms with Crippen LogP contribution in [0.15, 0.2) is 77.7 Å². The second-order valence-electron chi connectivity index (χ2n) is 7.62. The molecule has 1 aliphatic heterocycles. The van der Waals surface area contributed by atoms with Gasteiger partial charge in [0.2, 0.25) is 0 Å². The van der Waals surface area contributed by atoms with Gasteiger partial charge in [0.05, 0.1) is 18.2 Å². The van der Waals surface area contributed by atoms with Crippen LogP contribution in [0.25, 0.3) is 5.76 Å². The van der Waals surface area contributed by atoms with Gasteiger partial charge in [-0.1, -0.05) is 55.5 Å². The van der Waals surface area contributed by atoms with Crippen molar-refractivity contribution in [3.05, 3.63) is 93.7 Å². The Morgan fingerprint density at radius 1 is 1.06 bits per heavy atom. The molecular formula is C26H25NO4S. The predicted molar refractivity (Wildman–Crippen MR) is 126 cm³/mol. The number of carbonyl (C=O) groups excluding carboxylic acids is 2. The lowest BCUT2D eigenvalue weighted by Gasteiger charge is -2.24. The van der Waals surface area contributed by atoms with Gasteiger partial charge in [0.15, 0.2) is 0 Å². The van der Waals surface area contributed by atoms with Crippen LogP contribution in [0.4, 0.5) is 0 Å². The number of likely N-dealkylation sites (tertiary alicyclic amines) is 1. The van der Waals surface area contributed by atoms with Gasteiger partial charge in [-0.2, -0.15) is 0 Å². The van der Waals surface area contributed by atoms with Crippen molar-refractivity contribution in [3.63, 3.8) is 0 Å². The molecule has 3 aromatic rings. The molecule has 2 aromatic carbocycles. The topological polar surface area (TPSA) is 66.8 Å². The van der Waals surface area contributed by atoms with E-state index in [0.717, 1.165) is 16.9 Å². The van der Waals surface area contributed by atoms with E-state index in [9.17, 15) is 14.7 Å². The van der Waals surface area contributed by atoms with E-state index in [-0.39, 0.29) is 11.3 Å². The number of thiophene rings is 1. The zero-order valence-electron chi connectivity index (χ0n) is 17.9. The first kappa shape index (κ1) is 21.8. The minimum absolute atomic E-state index is 0.123. The maximum Gasteiger partial charge on any atom is 0.295 e. The summed E-state index contributed by atoms with van der Waals surface area (Å²) in [7, 11) is 0. The molecule has 5 nitrogen and oxygen atoms in total. The van der Waals surface area contributed by atoms with Crippen LogP contribution in [0.5, 0.6) is 5.75 Å². The van der Waals surface area contributed by atoms with Gasteiger partial charge in [0.25, 0.3) is 11.7 Å². The number of Topliss-reactive ketones (excluding diaryl/α,β-unsaturated/α-hetero) is 1. The van der Waals surface area contributed by atoms with Crippen molar-refractivity contribution in [2.24, 2.45) is 0 Å². The van der Waals surface area contributed by atoms with E-state index in [1.165, 1.54) is 11.3 Å². The molecule has 1 aliphatic rings. The summed E-state index contributed by atoms with van der Waals surface area (Å²) in [5.74, 6) is -0.805. The molecule has 1 fully saturated rings. The highest BCUT2D eigenvalue weighted by Gasteiger charge is 2.46. The third-order valence-electron chi connectivity index (χ3n) is 5.42. The van der Waals surface area contributed by atoms with Crippen LogP contribution < -0.4 is 4.74 Å². The molecule has 0 bridgehead atoms. The van der Waals surface area contributed by atoms with Crippen molar-refractivity contribution < 1.29 is 19.4 Å². The minimum atomic E-state index is -0.658. The Kier molecular flexibility index (Phi) is 6.71. The number of rotatable bonds is 8. The lowest BCUT2D eigenvalue weighted by atomic mass is 9.99. The normalized spacial score (nSPS) is 17.7. The Morgan fingerprint density at radius 2 is 1.88 bits per heavy atom. The molecule has 2 heterocycles. The molecule has 4 rings (SSSR count). The number of aliphatic hydroxyl groups excluding tert-OH is 1. The molecule has 1 atom stereocenters. The number of carbonyl (C=O) groups is 2. The molecule has 0 aliphatic carbocycles. The van der Waals surface area contributed by atoms with E-state index < -0.39 is 17.7 Å². The fourth-order valence-electron chi connectivity index (χ4n) is 3.86. The zero-order chi connectivity index (χ0) is 22.5. The number of aliphatic hydroxyl groups is 1. The van der Waals surface area contributed by atoms with Gasteiger partial charge < -0.3 is 14.7 Å². The van der Waals surface area contributed by atoms with Crippen molar-refractivity contribution in [1.29, 1.82) is 0 Å². The third-order valence-corrected chi connectivity index (χ3v) is 6.34. The van der Waals surface area contributed by atoms with E-state index in [1.54, 1.807) is 23.1 Å². The standard InChI is InChI=1S/C26H25NO4S/c1-2-15-31-20-11-6-10-19(17-20)24(28)22-23(21-12-7-16-32-21)27(26(30)25(22)29)14-13-18-8-4-3-5-9-18/h3-12,16-17,23,28H,2,13-15H2,1H3/b24-22+. The molecule has 1 saturated heterocycles. The number of amides is 1. The summed E-state index contributed by atoms with van der Waals surface area (Å²) >= 11 is 1.46. The van der Waals surface area contributed by atoms with Crippen LogP contribution in [0, 0.1) is 0 Å². The summed E-state index contributed by atoms with van der Waals surface area (Å²) in [6, 6.07) is 20.0. The van der Waals surface area contributed by atoms with E-state index in [0.29, 0.717) is 30.9 Å². The van der Waals surface area contributed by atoms with E-state index in [2.05, 4.69) is 0 Å². The van der Waals surface area contributed by atoms with Crippen LogP contribution in [0.2, 0.25) is 0 Å². The Balaban J connectivity index is 1.71. The first-order valence-electron chi connectivity index (χ1n) is 10.7. The van der Waals surface area contributed by atoms with E-state index in [1.807, 2.05) is 60.8 Å². The first-order valence-corrected chi connectivity index (χ1v) is 11.6. The summed E-state index contributed by atoms with van der Waals surface area (Å²) < 4.78 is 5.67. The van der Waals surface area contributed by atoms with Gasteiger partial charge in [-0.25, -0.2) is 0 Å². The summed E-state index contributed by atoms with van der Waals surface area (Å²) in [5, 5.41) is 13.1. The van der Waals surface area contributed by atoms with Crippen LogP contribution in [-0.4, -0.2) is 34.8 Å². The molecule has 1 N–H and O–H groups in total. The number of ketones is 1. The fourth-order valence-corrected chi connectivity index (χ4v) is 4.70. The van der Waals surface area contributed by atoms with Gasteiger partial charge in [-0.05, 0) is 42.0 Å². The van der Waals surface area contributed by atoms with Gasteiger partial charge in [-0.3, -0.25) is 9.59 Å². The van der Waals surface area contributed by atoms with Crippen molar-refractivity contribution >= 4 is 28.8 Å². The first-order chi connectivity index (χ1) is 15.6. The number of hydrogen-bond donors (Lipinski definition) is 1. The maximum absolute atomic E-state index is 13.1. The van der Waals surface area contributed by atoms with Crippen LogP contribution in [0.3, 0.4) is 0 Å². The van der Waals surface area contributed by atoms with Gasteiger partial charge in [0, 0.05) is 17.0 Å². The molecule has 0 spiro atoms. The van der Waals surface area contributed by atoms with E-state index >= 15 is 0 Å². The van der Waals surface area contributed by atoms with Crippen molar-refractivity contribution in [3.8, 4) is 5.75 Å². The monoisotopic (exact) mass is 447 g/mol. The zero-order valence-corrected chi connectivity index (χ0v) is 18.7. The summed E-state index contributed by atoms with van der Waals surface area (Å²) in [4.78, 5) is 28.5. The lowest BCUT2D eigenvalue weighted by Crippen LogP contribution is -2.31. The smallest absolute Gasteiger partial charge is 0.295 e. The molecule has 1 amide bonds. The SMILES string of the molecule is CCCOc1cccc(/C(O)=C2\C(=O)C(=O)N(CCc3ccccc3)C2c2cccs2)c1. The second kappa shape index (κ2) is 9.83. The van der Waals surface area contributed by atoms with Gasteiger partial charge in [0.1, 0.15) is 11.5 Å². The molecule has 1 unspecified atom stereocenters. The quantitative estimate of drug-likeness (QED) is 0.293. The minimum Gasteiger partial charge on any atom is -0.507 e. The Morgan fingerprint density at radius 3 is 2.59 bits per heavy atom. The van der Waals surface area contributed by atoms with Gasteiger partial charge in [-0.15, -0.1) is 11.3 Å². The maximum atomic E-state index is 13.1. The van der Waals surface area contributed by atoms with Gasteiger partial charge >= 0.3 is 0 Å². The van der Waals surface area contributed by atoms with Crippen LogP contribution >= 0.6 is 11.3 Å². The largest absolute Gasteiger partial charge is 0.507 e. The average Bonchev–Trinajstić information content (AvgIpc) is 3.44. The molecule has 164 valence electrons. The summed E-state index contributed by atoms with van der Waals surface area (Å²) in [5.41, 5.74) is 1.67. The molecule has 0 radical (unpaired) electrons. The number of nitrogens with zero attached hydrogens (tertiary/aromatic N) is 1. The van der Waals surface area contributed by atoms with Crippen LogP contribution in [-0.2, 0) is 16.0 Å². The van der Waals surface area contributed by atoms with Crippen molar-refractivity contribution in [1.82, 2.24) is 4.90 Å². The summed E-state index contributed by atoms with van der Waals surface area (Å²) in [6.07, 6.45) is 1.48. The van der Waals surface area contributed by atoms with Crippen molar-refractivity contribution in [2.75, 3.05) is 13.2 Å². The highest BCUT2D eigenvalue weighted by molar-refractivity contribution is 7.10. The Hall–Kier alpha value is -3.38. The molecular weight excluding hydrogens is 422 g/mol. The number of ether oxygens (including phenoxy) is 1. The highest BCUT2D eigenvalue weighted by Crippen LogP contribution is 2.41. The summed E-state index contributed by atoms with van der Waals surface area (Å²) in [6.45, 7) is 2.96. The van der Waals surface area contributed by atoms with Crippen LogP contribution in [0.1, 0.15) is 35.4 Å². The number of benzene rings is 2. The van der Waals surface area contributed by atoms with E-state index in [4.69, 9.17) is 4.74 Å². The molecule has 1 aromatic heterocycles. The Bertz CT molecular complexity index is 1120. The second-order valence-corrected chi connectivity index (χ2v) is 8.60. The number of hydrogen-bond acceptors (Lipinski definition) is 5. The highest BCUT2D eigenvalue weighted by atomic mass is 32.1. The lowest BCUT2D eigenvalue weighted by molar-refractivity contribution is -0.139.